The summed E-state index contributed by atoms with van der Waals surface area (Å²) in [6, 6.07) is 10.7. The molecule has 0 aliphatic heterocycles. The van der Waals surface area contributed by atoms with E-state index in [0.29, 0.717) is 5.56 Å². The quantitative estimate of drug-likeness (QED) is 0.646. The molecule has 1 aliphatic carbocycles. The van der Waals surface area contributed by atoms with Crippen LogP contribution in [0.5, 0.6) is 5.75 Å². The molecule has 0 fully saturated rings. The Balaban J connectivity index is 1.74. The molecule has 0 heterocycles. The second-order valence-electron chi connectivity index (χ2n) is 7.06. The Kier molecular flexibility index (Phi) is 6.45. The van der Waals surface area contributed by atoms with E-state index >= 15 is 0 Å². The van der Waals surface area contributed by atoms with Crippen molar-refractivity contribution in [3.63, 3.8) is 0 Å². The predicted octanol–water partition coefficient (Wildman–Crippen LogP) is 5.56. The van der Waals surface area contributed by atoms with Crippen LogP contribution in [0.3, 0.4) is 0 Å². The molecule has 1 aliphatic rings. The van der Waals surface area contributed by atoms with Crippen molar-refractivity contribution < 1.29 is 23.4 Å². The van der Waals surface area contributed by atoms with Gasteiger partial charge in [0.05, 0.1) is 0 Å². The summed E-state index contributed by atoms with van der Waals surface area (Å²) in [6.45, 7) is 2.26. The second-order valence-corrected chi connectivity index (χ2v) is 7.06. The van der Waals surface area contributed by atoms with E-state index in [4.69, 9.17) is 9.84 Å². The number of carbonyl (C=O) groups is 1. The Bertz CT molecular complexity index is 862. The van der Waals surface area contributed by atoms with E-state index in [-0.39, 0.29) is 19.4 Å². The van der Waals surface area contributed by atoms with Gasteiger partial charge in [0, 0.05) is 6.42 Å². The highest BCUT2D eigenvalue weighted by Crippen LogP contribution is 2.35. The molecule has 0 saturated heterocycles. The molecule has 0 unspecified atom stereocenters. The van der Waals surface area contributed by atoms with Gasteiger partial charge in [0.25, 0.3) is 0 Å². The second kappa shape index (κ2) is 9.00. The molecule has 5 heteroatoms. The molecule has 0 bridgehead atoms. The maximum atomic E-state index is 14.3. The van der Waals surface area contributed by atoms with Crippen molar-refractivity contribution in [3.8, 4) is 5.75 Å². The van der Waals surface area contributed by atoms with Gasteiger partial charge in [0.15, 0.2) is 17.4 Å². The predicted molar refractivity (Wildman–Crippen MR) is 104 cm³/mol. The lowest BCUT2D eigenvalue weighted by molar-refractivity contribution is -0.136. The Labute approximate surface area is 163 Å². The van der Waals surface area contributed by atoms with Crippen LogP contribution in [0.2, 0.25) is 0 Å². The number of aliphatic carboxylic acids is 1. The lowest BCUT2D eigenvalue weighted by Crippen LogP contribution is -2.06. The number of allylic oxidation sites excluding steroid dienone is 1. The van der Waals surface area contributed by atoms with Gasteiger partial charge in [0.1, 0.15) is 6.61 Å². The molecule has 2 aromatic carbocycles. The van der Waals surface area contributed by atoms with Crippen LogP contribution in [-0.4, -0.2) is 17.7 Å². The van der Waals surface area contributed by atoms with Gasteiger partial charge in [-0.15, -0.1) is 0 Å². The molecule has 28 heavy (non-hydrogen) atoms. The normalized spacial score (nSPS) is 13.8. The summed E-state index contributed by atoms with van der Waals surface area (Å²) in [5.41, 5.74) is 4.98. The third-order valence-corrected chi connectivity index (χ3v) is 5.12. The van der Waals surface area contributed by atoms with Crippen molar-refractivity contribution in [2.24, 2.45) is 0 Å². The monoisotopic (exact) mass is 386 g/mol. The molecule has 0 saturated carbocycles. The first-order valence-electron chi connectivity index (χ1n) is 9.60. The molecule has 2 aromatic rings. The fraction of sp³-hybridized carbons (Fsp3) is 0.348. The average Bonchev–Trinajstić information content (AvgIpc) is 3.14. The van der Waals surface area contributed by atoms with Crippen molar-refractivity contribution in [2.45, 2.75) is 45.4 Å². The van der Waals surface area contributed by atoms with Gasteiger partial charge in [0.2, 0.25) is 0 Å². The summed E-state index contributed by atoms with van der Waals surface area (Å²) >= 11 is 0. The number of ether oxygens (including phenoxy) is 1. The number of hydrogen-bond donors (Lipinski definition) is 1. The van der Waals surface area contributed by atoms with Crippen LogP contribution < -0.4 is 4.74 Å². The third kappa shape index (κ3) is 4.77. The molecule has 0 radical (unpaired) electrons. The van der Waals surface area contributed by atoms with Crippen LogP contribution in [0.4, 0.5) is 8.78 Å². The fourth-order valence-electron chi connectivity index (χ4n) is 3.56. The average molecular weight is 386 g/mol. The lowest BCUT2D eigenvalue weighted by atomic mass is 10.0. The standard InChI is InChI=1S/C23H24F2O3/c1-2-15-6-9-17(10-7-15)19-5-3-4-18(19)14-28-23-20(24)12-16(13-21(23)25)8-11-22(26)27/h6-7,9-10,12-13H,2-5,8,11,14H2,1H3,(H,26,27). The van der Waals surface area contributed by atoms with Crippen LogP contribution in [0.15, 0.2) is 42.0 Å². The lowest BCUT2D eigenvalue weighted by Gasteiger charge is -2.13. The molecule has 0 amide bonds. The number of halogens is 2. The van der Waals surface area contributed by atoms with Crippen molar-refractivity contribution in [3.05, 3.63) is 70.3 Å². The van der Waals surface area contributed by atoms with E-state index in [9.17, 15) is 13.6 Å². The smallest absolute Gasteiger partial charge is 0.303 e. The largest absolute Gasteiger partial charge is 0.483 e. The fourth-order valence-corrected chi connectivity index (χ4v) is 3.56. The summed E-state index contributed by atoms with van der Waals surface area (Å²) in [6.07, 6.45) is 3.67. The first-order valence-corrected chi connectivity index (χ1v) is 9.60. The number of aryl methyl sites for hydroxylation is 2. The minimum atomic E-state index is -1.01. The zero-order valence-electron chi connectivity index (χ0n) is 15.9. The minimum Gasteiger partial charge on any atom is -0.483 e. The number of benzene rings is 2. The van der Waals surface area contributed by atoms with Crippen molar-refractivity contribution in [2.75, 3.05) is 6.61 Å². The van der Waals surface area contributed by atoms with E-state index in [1.807, 2.05) is 0 Å². The molecule has 148 valence electrons. The summed E-state index contributed by atoms with van der Waals surface area (Å²) in [4.78, 5) is 10.6. The summed E-state index contributed by atoms with van der Waals surface area (Å²) in [5.74, 6) is -3.01. The maximum absolute atomic E-state index is 14.3. The highest BCUT2D eigenvalue weighted by molar-refractivity contribution is 5.71. The van der Waals surface area contributed by atoms with Gasteiger partial charge < -0.3 is 9.84 Å². The minimum absolute atomic E-state index is 0.0759. The SMILES string of the molecule is CCc1ccc(C2=C(COc3c(F)cc(CCC(=O)O)cc3F)CCC2)cc1. The van der Waals surface area contributed by atoms with E-state index in [1.54, 1.807) is 0 Å². The highest BCUT2D eigenvalue weighted by atomic mass is 19.1. The van der Waals surface area contributed by atoms with E-state index in [0.717, 1.165) is 49.0 Å². The summed E-state index contributed by atoms with van der Waals surface area (Å²) in [7, 11) is 0. The van der Waals surface area contributed by atoms with Gasteiger partial charge in [-0.2, -0.15) is 0 Å². The Hall–Kier alpha value is -2.69. The van der Waals surface area contributed by atoms with Crippen LogP contribution in [0.25, 0.3) is 5.57 Å². The first kappa shape index (κ1) is 20.1. The van der Waals surface area contributed by atoms with Crippen LogP contribution in [0.1, 0.15) is 49.3 Å². The first-order chi connectivity index (χ1) is 13.5. The topological polar surface area (TPSA) is 46.5 Å². The van der Waals surface area contributed by atoms with Gasteiger partial charge >= 0.3 is 5.97 Å². The van der Waals surface area contributed by atoms with Crippen LogP contribution in [0, 0.1) is 11.6 Å². The number of rotatable bonds is 8. The van der Waals surface area contributed by atoms with E-state index in [1.165, 1.54) is 11.1 Å². The third-order valence-electron chi connectivity index (χ3n) is 5.12. The molecule has 3 nitrogen and oxygen atoms in total. The Morgan fingerprint density at radius 1 is 1.07 bits per heavy atom. The molecule has 3 rings (SSSR count). The molecule has 0 spiro atoms. The molecular weight excluding hydrogens is 362 g/mol. The van der Waals surface area contributed by atoms with Crippen LogP contribution in [-0.2, 0) is 17.6 Å². The van der Waals surface area contributed by atoms with E-state index in [2.05, 4.69) is 31.2 Å². The Morgan fingerprint density at radius 3 is 2.36 bits per heavy atom. The number of hydrogen-bond acceptors (Lipinski definition) is 2. The van der Waals surface area contributed by atoms with Gasteiger partial charge in [-0.05, 0) is 72.1 Å². The zero-order valence-corrected chi connectivity index (χ0v) is 15.9. The summed E-state index contributed by atoms with van der Waals surface area (Å²) in [5, 5.41) is 8.70. The zero-order chi connectivity index (χ0) is 20.1. The van der Waals surface area contributed by atoms with Gasteiger partial charge in [-0.3, -0.25) is 4.79 Å². The van der Waals surface area contributed by atoms with Crippen LogP contribution >= 0.6 is 0 Å². The van der Waals surface area contributed by atoms with Gasteiger partial charge in [-0.25, -0.2) is 8.78 Å². The Morgan fingerprint density at radius 2 is 1.75 bits per heavy atom. The van der Waals surface area contributed by atoms with Gasteiger partial charge in [-0.1, -0.05) is 31.2 Å². The number of carboxylic acid groups (broad SMARTS) is 1. The molecule has 0 aromatic heterocycles. The number of carboxylic acids is 1. The maximum Gasteiger partial charge on any atom is 0.303 e. The highest BCUT2D eigenvalue weighted by Gasteiger charge is 2.19. The van der Waals surface area contributed by atoms with E-state index < -0.39 is 23.4 Å². The molecule has 0 atom stereocenters. The van der Waals surface area contributed by atoms with Crippen molar-refractivity contribution in [1.82, 2.24) is 0 Å². The molecule has 1 N–H and O–H groups in total. The molecular formula is C23H24F2O3. The van der Waals surface area contributed by atoms with Crippen molar-refractivity contribution in [1.29, 1.82) is 0 Å². The van der Waals surface area contributed by atoms with Crippen molar-refractivity contribution >= 4 is 11.5 Å². The summed E-state index contributed by atoms with van der Waals surface area (Å²) < 4.78 is 34.1.